The van der Waals surface area contributed by atoms with Gasteiger partial charge in [-0.25, -0.2) is 0 Å². The van der Waals surface area contributed by atoms with E-state index in [2.05, 4.69) is 27.7 Å². The molecule has 1 atom stereocenters. The van der Waals surface area contributed by atoms with Crippen LogP contribution in [0.3, 0.4) is 0 Å². The van der Waals surface area contributed by atoms with Gasteiger partial charge in [0.15, 0.2) is 0 Å². The molecule has 0 aliphatic rings. The van der Waals surface area contributed by atoms with Crippen molar-refractivity contribution in [1.29, 1.82) is 0 Å². The highest BCUT2D eigenvalue weighted by Gasteiger charge is 2.28. The van der Waals surface area contributed by atoms with Crippen molar-refractivity contribution in [3.63, 3.8) is 0 Å². The van der Waals surface area contributed by atoms with E-state index in [1.165, 1.54) is 0 Å². The Morgan fingerprint density at radius 2 is 1.87 bits per heavy atom. The maximum atomic E-state index is 11.0. The highest BCUT2D eigenvalue weighted by Crippen LogP contribution is 2.35. The average Bonchev–Trinajstić information content (AvgIpc) is 2.14. The molecule has 0 radical (unpaired) electrons. The molecule has 1 amide bonds. The number of primary amides is 1. The van der Waals surface area contributed by atoms with Gasteiger partial charge in [-0.2, -0.15) is 11.8 Å². The number of carbonyl (C=O) groups excluding carboxylic acids is 1. The molecule has 0 aromatic rings. The van der Waals surface area contributed by atoms with Gasteiger partial charge in [0.1, 0.15) is 0 Å². The molecule has 90 valence electrons. The monoisotopic (exact) mass is 232 g/mol. The summed E-state index contributed by atoms with van der Waals surface area (Å²) in [5.74, 6) is 0.735. The first-order valence-electron chi connectivity index (χ1n) is 5.37. The molecule has 15 heavy (non-hydrogen) atoms. The molecule has 0 saturated carbocycles. The topological polar surface area (TPSA) is 69.1 Å². The lowest BCUT2D eigenvalue weighted by molar-refractivity contribution is -0.118. The summed E-state index contributed by atoms with van der Waals surface area (Å²) < 4.78 is -0.0434. The van der Waals surface area contributed by atoms with Crippen LogP contribution in [0.4, 0.5) is 0 Å². The van der Waals surface area contributed by atoms with E-state index in [0.717, 1.165) is 12.2 Å². The lowest BCUT2D eigenvalue weighted by Gasteiger charge is -2.31. The molecule has 1 unspecified atom stereocenters. The van der Waals surface area contributed by atoms with Gasteiger partial charge in [-0.3, -0.25) is 4.79 Å². The molecule has 0 aliphatic carbocycles. The van der Waals surface area contributed by atoms with E-state index >= 15 is 0 Å². The zero-order valence-electron chi connectivity index (χ0n) is 10.3. The van der Waals surface area contributed by atoms with Crippen molar-refractivity contribution in [2.75, 3.05) is 12.3 Å². The van der Waals surface area contributed by atoms with Gasteiger partial charge in [0.05, 0.1) is 0 Å². The van der Waals surface area contributed by atoms with Crippen LogP contribution in [-0.4, -0.2) is 23.0 Å². The zero-order valence-corrected chi connectivity index (χ0v) is 11.1. The Bertz CT molecular complexity index is 219. The Hall–Kier alpha value is -0.220. The molecule has 0 spiro atoms. The summed E-state index contributed by atoms with van der Waals surface area (Å²) in [5.41, 5.74) is 11.0. The molecule has 0 saturated heterocycles. The van der Waals surface area contributed by atoms with Crippen LogP contribution < -0.4 is 11.5 Å². The van der Waals surface area contributed by atoms with Crippen LogP contribution >= 0.6 is 11.8 Å². The van der Waals surface area contributed by atoms with Gasteiger partial charge in [-0.15, -0.1) is 0 Å². The van der Waals surface area contributed by atoms with Crippen LogP contribution in [0.2, 0.25) is 0 Å². The van der Waals surface area contributed by atoms with Crippen molar-refractivity contribution in [3.8, 4) is 0 Å². The van der Waals surface area contributed by atoms with Gasteiger partial charge >= 0.3 is 0 Å². The van der Waals surface area contributed by atoms with E-state index in [0.29, 0.717) is 13.0 Å². The van der Waals surface area contributed by atoms with Crippen LogP contribution in [-0.2, 0) is 4.79 Å². The third-order valence-corrected chi connectivity index (χ3v) is 4.72. The van der Waals surface area contributed by atoms with Crippen LogP contribution in [0, 0.1) is 5.41 Å². The normalized spacial score (nSPS) is 16.1. The van der Waals surface area contributed by atoms with E-state index < -0.39 is 0 Å². The van der Waals surface area contributed by atoms with Gasteiger partial charge in [0, 0.05) is 16.9 Å². The smallest absolute Gasteiger partial charge is 0.218 e. The fraction of sp³-hybridized carbons (Fsp3) is 0.909. The number of rotatable bonds is 7. The fourth-order valence-corrected chi connectivity index (χ4v) is 2.38. The quantitative estimate of drug-likeness (QED) is 0.702. The third-order valence-electron chi connectivity index (χ3n) is 2.66. The molecular formula is C11H24N2OS. The minimum absolute atomic E-state index is 0.0434. The van der Waals surface area contributed by atoms with E-state index in [9.17, 15) is 4.79 Å². The van der Waals surface area contributed by atoms with Gasteiger partial charge in [0.25, 0.3) is 0 Å². The maximum Gasteiger partial charge on any atom is 0.218 e. The molecule has 3 nitrogen and oxygen atoms in total. The molecule has 0 aromatic heterocycles. The highest BCUT2D eigenvalue weighted by molar-refractivity contribution is 8.00. The highest BCUT2D eigenvalue weighted by atomic mass is 32.2. The Balaban J connectivity index is 4.26. The predicted octanol–water partition coefficient (Wildman–Crippen LogP) is 1.75. The number of nitrogens with two attached hydrogens (primary N) is 2. The van der Waals surface area contributed by atoms with Crippen LogP contribution in [0.25, 0.3) is 0 Å². The predicted molar refractivity (Wildman–Crippen MR) is 67.8 cm³/mol. The number of carbonyl (C=O) groups is 1. The molecular weight excluding hydrogens is 208 g/mol. The Morgan fingerprint density at radius 3 is 2.20 bits per heavy atom. The third kappa shape index (κ3) is 6.05. The van der Waals surface area contributed by atoms with Crippen LogP contribution in [0.1, 0.15) is 40.5 Å². The first-order valence-corrected chi connectivity index (χ1v) is 6.35. The average molecular weight is 232 g/mol. The van der Waals surface area contributed by atoms with Crippen LogP contribution in [0.15, 0.2) is 0 Å². The zero-order chi connectivity index (χ0) is 12.1. The van der Waals surface area contributed by atoms with Gasteiger partial charge < -0.3 is 11.5 Å². The minimum atomic E-state index is -0.225. The minimum Gasteiger partial charge on any atom is -0.370 e. The largest absolute Gasteiger partial charge is 0.370 e. The lowest BCUT2D eigenvalue weighted by Crippen LogP contribution is -2.32. The number of hydrogen-bond donors (Lipinski definition) is 2. The van der Waals surface area contributed by atoms with Crippen molar-refractivity contribution in [2.24, 2.45) is 16.9 Å². The second-order valence-corrected chi connectivity index (χ2v) is 6.67. The summed E-state index contributed by atoms with van der Waals surface area (Å²) in [6.07, 6.45) is 1.38. The molecule has 4 heteroatoms. The van der Waals surface area contributed by atoms with Gasteiger partial charge in [-0.1, -0.05) is 20.8 Å². The second-order valence-electron chi connectivity index (χ2n) is 5.10. The van der Waals surface area contributed by atoms with Crippen molar-refractivity contribution in [3.05, 3.63) is 0 Å². The van der Waals surface area contributed by atoms with Crippen molar-refractivity contribution >= 4 is 17.7 Å². The van der Waals surface area contributed by atoms with Crippen LogP contribution in [0.5, 0.6) is 0 Å². The van der Waals surface area contributed by atoms with E-state index in [1.54, 1.807) is 11.8 Å². The summed E-state index contributed by atoms with van der Waals surface area (Å²) in [4.78, 5) is 11.0. The molecule has 0 rings (SSSR count). The van der Waals surface area contributed by atoms with Crippen molar-refractivity contribution < 1.29 is 4.79 Å². The summed E-state index contributed by atoms with van der Waals surface area (Å²) in [7, 11) is 0. The summed E-state index contributed by atoms with van der Waals surface area (Å²) in [5, 5.41) is 0. The first kappa shape index (κ1) is 14.8. The van der Waals surface area contributed by atoms with Gasteiger partial charge in [-0.05, 0) is 25.3 Å². The number of hydrogen-bond acceptors (Lipinski definition) is 3. The van der Waals surface area contributed by atoms with E-state index in [4.69, 9.17) is 11.5 Å². The molecule has 4 N–H and O–H groups in total. The fourth-order valence-electron chi connectivity index (χ4n) is 1.08. The van der Waals surface area contributed by atoms with E-state index in [1.807, 2.05) is 0 Å². The lowest BCUT2D eigenvalue weighted by atomic mass is 9.97. The molecule has 0 aromatic carbocycles. The standard InChI is InChI=1S/C11H24N2OS/c1-5-11(4,6-9(13)14)15-8-10(2,3)7-12/h5-8,12H2,1-4H3,(H2,13,14). The Kier molecular flexibility index (Phi) is 5.67. The molecule has 0 fully saturated rings. The van der Waals surface area contributed by atoms with Crippen molar-refractivity contribution in [1.82, 2.24) is 0 Å². The SMILES string of the molecule is CCC(C)(CC(N)=O)SCC(C)(C)CN. The Morgan fingerprint density at radius 1 is 1.33 bits per heavy atom. The second kappa shape index (κ2) is 5.75. The Labute approximate surface area is 97.4 Å². The van der Waals surface area contributed by atoms with Crippen molar-refractivity contribution in [2.45, 2.75) is 45.3 Å². The maximum absolute atomic E-state index is 11.0. The molecule has 0 heterocycles. The number of amides is 1. The molecule has 0 bridgehead atoms. The van der Waals surface area contributed by atoms with Gasteiger partial charge in [0.2, 0.25) is 5.91 Å². The number of thioether (sulfide) groups is 1. The summed E-state index contributed by atoms with van der Waals surface area (Å²) >= 11 is 1.80. The summed E-state index contributed by atoms with van der Waals surface area (Å²) in [6.45, 7) is 9.12. The molecule has 0 aliphatic heterocycles. The summed E-state index contributed by atoms with van der Waals surface area (Å²) in [6, 6.07) is 0. The van der Waals surface area contributed by atoms with E-state index in [-0.39, 0.29) is 16.1 Å². The first-order chi connectivity index (χ1) is 6.74.